The molecule has 0 fully saturated rings. The maximum Gasteiger partial charge on any atom is 0.272 e. The first kappa shape index (κ1) is 35.5. The first-order valence-electron chi connectivity index (χ1n) is 15.1. The van der Waals surface area contributed by atoms with Crippen molar-refractivity contribution in [2.45, 2.75) is 4.90 Å². The van der Waals surface area contributed by atoms with Crippen molar-refractivity contribution < 1.29 is 33.3 Å². The highest BCUT2D eigenvalue weighted by molar-refractivity contribution is 8.00. The van der Waals surface area contributed by atoms with Crippen molar-refractivity contribution >= 4 is 57.7 Å². The predicted octanol–water partition coefficient (Wildman–Crippen LogP) is 6.98. The van der Waals surface area contributed by atoms with E-state index in [1.807, 2.05) is 17.5 Å². The number of methoxy groups -OCH3 is 4. The van der Waals surface area contributed by atoms with Gasteiger partial charge in [-0.2, -0.15) is 0 Å². The molecule has 5 rings (SSSR count). The van der Waals surface area contributed by atoms with Crippen molar-refractivity contribution in [3.63, 3.8) is 0 Å². The Morgan fingerprint density at radius 1 is 0.760 bits per heavy atom. The molecule has 3 amide bonds. The third-order valence-corrected chi connectivity index (χ3v) is 8.93. The molecule has 0 aliphatic rings. The van der Waals surface area contributed by atoms with Crippen LogP contribution < -0.4 is 34.9 Å². The number of nitrogens with zero attached hydrogens (tertiary/aromatic N) is 1. The summed E-state index contributed by atoms with van der Waals surface area (Å²) in [7, 11) is 6.20. The summed E-state index contributed by atoms with van der Waals surface area (Å²) in [6, 6.07) is 26.3. The van der Waals surface area contributed by atoms with Crippen LogP contribution in [0, 0.1) is 0 Å². The average Bonchev–Trinajstić information content (AvgIpc) is 3.62. The molecule has 13 heteroatoms. The molecule has 256 valence electrons. The van der Waals surface area contributed by atoms with Crippen LogP contribution in [0.1, 0.15) is 15.9 Å². The number of hydrogen-bond donors (Lipinski definition) is 3. The van der Waals surface area contributed by atoms with Crippen molar-refractivity contribution in [3.05, 3.63) is 113 Å². The number of amides is 3. The normalized spacial score (nSPS) is 10.9. The molecule has 4 aromatic carbocycles. The summed E-state index contributed by atoms with van der Waals surface area (Å²) in [6.07, 6.45) is 1.56. The van der Waals surface area contributed by atoms with Crippen molar-refractivity contribution in [1.29, 1.82) is 0 Å². The number of nitrogens with one attached hydrogen (secondary N) is 3. The second kappa shape index (κ2) is 17.0. The zero-order valence-electron chi connectivity index (χ0n) is 27.6. The van der Waals surface area contributed by atoms with Crippen molar-refractivity contribution in [2.24, 2.45) is 0 Å². The first-order valence-corrected chi connectivity index (χ1v) is 17.0. The predicted molar refractivity (Wildman–Crippen MR) is 197 cm³/mol. The number of thiazole rings is 1. The topological polar surface area (TPSA) is 137 Å². The van der Waals surface area contributed by atoms with Crippen LogP contribution in [0.25, 0.3) is 17.3 Å². The molecule has 0 atom stereocenters. The van der Waals surface area contributed by atoms with Gasteiger partial charge in [-0.1, -0.05) is 24.3 Å². The molecule has 0 radical (unpaired) electrons. The van der Waals surface area contributed by atoms with Crippen molar-refractivity contribution in [3.8, 4) is 34.3 Å². The number of aromatic nitrogens is 1. The van der Waals surface area contributed by atoms with Crippen LogP contribution in [-0.4, -0.2) is 56.9 Å². The van der Waals surface area contributed by atoms with Gasteiger partial charge in [0, 0.05) is 27.1 Å². The lowest BCUT2D eigenvalue weighted by atomic mass is 10.1. The highest BCUT2D eigenvalue weighted by Gasteiger charge is 2.17. The van der Waals surface area contributed by atoms with Crippen molar-refractivity contribution in [1.82, 2.24) is 10.3 Å². The van der Waals surface area contributed by atoms with Gasteiger partial charge in [0.2, 0.25) is 5.91 Å². The minimum atomic E-state index is -0.528. The van der Waals surface area contributed by atoms with E-state index in [0.717, 1.165) is 10.5 Å². The van der Waals surface area contributed by atoms with Gasteiger partial charge in [0.25, 0.3) is 11.8 Å². The van der Waals surface area contributed by atoms with Gasteiger partial charge in [-0.3, -0.25) is 14.4 Å². The molecule has 1 heterocycles. The SMILES string of the molecule is COc1ccc(/C=C(\NC(=O)c2ccccc2)C(=O)Nc2ccc(SCC(=O)Nc3nc(-c4ccc(OC)c(OC)c4)cs3)cc2)cc1OC. The van der Waals surface area contributed by atoms with Crippen LogP contribution in [0.3, 0.4) is 0 Å². The maximum atomic E-state index is 13.5. The second-order valence-corrected chi connectivity index (χ2v) is 12.3. The quantitative estimate of drug-likeness (QED) is 0.0823. The van der Waals surface area contributed by atoms with Gasteiger partial charge in [0.15, 0.2) is 28.1 Å². The molecule has 5 aromatic rings. The van der Waals surface area contributed by atoms with E-state index in [1.165, 1.54) is 37.3 Å². The smallest absolute Gasteiger partial charge is 0.272 e. The number of benzene rings is 4. The van der Waals surface area contributed by atoms with Gasteiger partial charge < -0.3 is 34.9 Å². The average molecular weight is 711 g/mol. The summed E-state index contributed by atoms with van der Waals surface area (Å²) in [4.78, 5) is 44.5. The fourth-order valence-corrected chi connectivity index (χ4v) is 6.08. The van der Waals surface area contributed by atoms with Crippen LogP contribution >= 0.6 is 23.1 Å². The van der Waals surface area contributed by atoms with E-state index in [-0.39, 0.29) is 17.4 Å². The van der Waals surface area contributed by atoms with E-state index in [2.05, 4.69) is 20.9 Å². The van der Waals surface area contributed by atoms with E-state index in [9.17, 15) is 14.4 Å². The molecule has 0 aliphatic carbocycles. The fourth-order valence-electron chi connectivity index (χ4n) is 4.65. The Morgan fingerprint density at radius 3 is 2.10 bits per heavy atom. The van der Waals surface area contributed by atoms with Gasteiger partial charge in [-0.25, -0.2) is 4.98 Å². The second-order valence-electron chi connectivity index (χ2n) is 10.4. The lowest BCUT2D eigenvalue weighted by Crippen LogP contribution is -2.30. The summed E-state index contributed by atoms with van der Waals surface area (Å²) in [6.45, 7) is 0. The Labute approximate surface area is 297 Å². The lowest BCUT2D eigenvalue weighted by Gasteiger charge is -2.13. The number of rotatable bonds is 14. The number of anilines is 2. The Bertz CT molecular complexity index is 2000. The van der Waals surface area contributed by atoms with Gasteiger partial charge in [0.1, 0.15) is 5.70 Å². The zero-order valence-corrected chi connectivity index (χ0v) is 29.3. The van der Waals surface area contributed by atoms with Gasteiger partial charge in [-0.15, -0.1) is 23.1 Å². The molecule has 0 saturated carbocycles. The molecular weight excluding hydrogens is 677 g/mol. The number of thioether (sulfide) groups is 1. The summed E-state index contributed by atoms with van der Waals surface area (Å²) in [5.74, 6) is 1.19. The van der Waals surface area contributed by atoms with Crippen molar-refractivity contribution in [2.75, 3.05) is 44.8 Å². The molecule has 0 unspecified atom stereocenters. The number of ether oxygens (including phenoxy) is 4. The highest BCUT2D eigenvalue weighted by atomic mass is 32.2. The van der Waals surface area contributed by atoms with E-state index in [1.54, 1.807) is 99.2 Å². The van der Waals surface area contributed by atoms with Gasteiger partial charge >= 0.3 is 0 Å². The molecular formula is C37H34N4O7S2. The van der Waals surface area contributed by atoms with E-state index >= 15 is 0 Å². The Morgan fingerprint density at radius 2 is 1.42 bits per heavy atom. The minimum absolute atomic E-state index is 0.0256. The highest BCUT2D eigenvalue weighted by Crippen LogP contribution is 2.34. The first-order chi connectivity index (χ1) is 24.3. The third kappa shape index (κ3) is 9.21. The Kier molecular flexibility index (Phi) is 12.1. The van der Waals surface area contributed by atoms with Crippen LogP contribution in [0.4, 0.5) is 10.8 Å². The molecule has 50 heavy (non-hydrogen) atoms. The lowest BCUT2D eigenvalue weighted by molar-refractivity contribution is -0.114. The van der Waals surface area contributed by atoms with Crippen LogP contribution in [0.2, 0.25) is 0 Å². The minimum Gasteiger partial charge on any atom is -0.493 e. The monoisotopic (exact) mass is 710 g/mol. The number of hydrogen-bond acceptors (Lipinski definition) is 10. The molecule has 0 saturated heterocycles. The van der Waals surface area contributed by atoms with Crippen LogP contribution in [-0.2, 0) is 9.59 Å². The third-order valence-electron chi connectivity index (χ3n) is 7.16. The Hall–Kier alpha value is -5.79. The molecule has 0 bridgehead atoms. The molecule has 0 aliphatic heterocycles. The van der Waals surface area contributed by atoms with E-state index in [4.69, 9.17) is 18.9 Å². The largest absolute Gasteiger partial charge is 0.493 e. The zero-order chi connectivity index (χ0) is 35.5. The van der Waals surface area contributed by atoms with E-state index < -0.39 is 11.8 Å². The standard InChI is InChI=1S/C37H34N4O7S2/c1-45-30-16-10-23(19-32(30)47-3)18-28(39-35(43)24-8-6-5-7-9-24)36(44)38-26-12-14-27(15-13-26)49-22-34(42)41-37-40-29(21-50-37)25-11-17-31(46-2)33(20-25)48-4/h5-21H,22H2,1-4H3,(H,38,44)(H,39,43)(H,40,41,42)/b28-18-. The molecule has 3 N–H and O–H groups in total. The number of carbonyl (C=O) groups is 3. The van der Waals surface area contributed by atoms with Gasteiger partial charge in [-0.05, 0) is 78.4 Å². The molecule has 11 nitrogen and oxygen atoms in total. The van der Waals surface area contributed by atoms with Crippen LogP contribution in [0.15, 0.2) is 107 Å². The fraction of sp³-hybridized carbons (Fsp3) is 0.135. The molecule has 0 spiro atoms. The maximum absolute atomic E-state index is 13.5. The van der Waals surface area contributed by atoms with Crippen LogP contribution in [0.5, 0.6) is 23.0 Å². The number of carbonyl (C=O) groups excluding carboxylic acids is 3. The summed E-state index contributed by atoms with van der Waals surface area (Å²) in [5, 5.41) is 10.7. The summed E-state index contributed by atoms with van der Waals surface area (Å²) < 4.78 is 21.4. The van der Waals surface area contributed by atoms with E-state index in [0.29, 0.717) is 50.6 Å². The van der Waals surface area contributed by atoms with Gasteiger partial charge in [0.05, 0.1) is 39.9 Å². The summed E-state index contributed by atoms with van der Waals surface area (Å²) >= 11 is 2.67. The summed E-state index contributed by atoms with van der Waals surface area (Å²) in [5.41, 5.74) is 3.08. The Balaban J connectivity index is 1.21. The molecule has 1 aromatic heterocycles.